The standard InChI is InChI=1S/C12H22N2O2/c1-12(6-3-7-14-12)11(16)13-8-9-4-2-5-10(9)15/h9-10,14-15H,2-8H2,1H3,(H,13,16). The Labute approximate surface area is 96.8 Å². The van der Waals surface area contributed by atoms with Crippen LogP contribution in [0.2, 0.25) is 0 Å². The second kappa shape index (κ2) is 4.72. The number of hydrogen-bond donors (Lipinski definition) is 3. The van der Waals surface area contributed by atoms with Crippen molar-refractivity contribution in [3.05, 3.63) is 0 Å². The number of aliphatic hydroxyl groups excluding tert-OH is 1. The molecule has 1 saturated carbocycles. The Morgan fingerprint density at radius 2 is 2.31 bits per heavy atom. The molecule has 0 aromatic carbocycles. The molecule has 1 saturated heterocycles. The van der Waals surface area contributed by atoms with E-state index in [0.717, 1.165) is 38.6 Å². The first-order chi connectivity index (χ1) is 7.62. The van der Waals surface area contributed by atoms with Gasteiger partial charge in [-0.05, 0) is 39.2 Å². The van der Waals surface area contributed by atoms with Crippen LogP contribution in [0.15, 0.2) is 0 Å². The molecule has 0 radical (unpaired) electrons. The Morgan fingerprint density at radius 1 is 1.50 bits per heavy atom. The molecule has 0 aromatic rings. The lowest BCUT2D eigenvalue weighted by Gasteiger charge is -2.24. The van der Waals surface area contributed by atoms with Crippen molar-refractivity contribution in [1.29, 1.82) is 0 Å². The third kappa shape index (κ3) is 2.38. The highest BCUT2D eigenvalue weighted by Gasteiger charge is 2.36. The van der Waals surface area contributed by atoms with E-state index in [1.807, 2.05) is 6.92 Å². The summed E-state index contributed by atoms with van der Waals surface area (Å²) >= 11 is 0. The summed E-state index contributed by atoms with van der Waals surface area (Å²) in [6, 6.07) is 0. The van der Waals surface area contributed by atoms with Crippen LogP contribution in [-0.4, -0.2) is 35.7 Å². The second-order valence-corrected chi connectivity index (χ2v) is 5.33. The Morgan fingerprint density at radius 3 is 2.88 bits per heavy atom. The minimum Gasteiger partial charge on any atom is -0.393 e. The number of hydrogen-bond acceptors (Lipinski definition) is 3. The number of carbonyl (C=O) groups is 1. The van der Waals surface area contributed by atoms with Gasteiger partial charge < -0.3 is 15.7 Å². The summed E-state index contributed by atoms with van der Waals surface area (Å²) in [6.45, 7) is 3.51. The van der Waals surface area contributed by atoms with Crippen LogP contribution in [0.3, 0.4) is 0 Å². The first-order valence-electron chi connectivity index (χ1n) is 6.33. The number of nitrogens with one attached hydrogen (secondary N) is 2. The fourth-order valence-corrected chi connectivity index (χ4v) is 2.76. The van der Waals surface area contributed by atoms with Crippen molar-refractivity contribution < 1.29 is 9.90 Å². The third-order valence-corrected chi connectivity index (χ3v) is 4.01. The molecule has 1 heterocycles. The van der Waals surface area contributed by atoms with E-state index in [1.165, 1.54) is 0 Å². The van der Waals surface area contributed by atoms with Gasteiger partial charge in [0.2, 0.25) is 5.91 Å². The highest BCUT2D eigenvalue weighted by Crippen LogP contribution is 2.25. The van der Waals surface area contributed by atoms with Crippen LogP contribution < -0.4 is 10.6 Å². The Hall–Kier alpha value is -0.610. The van der Waals surface area contributed by atoms with Gasteiger partial charge in [-0.1, -0.05) is 6.42 Å². The van der Waals surface area contributed by atoms with Crippen molar-refractivity contribution in [2.24, 2.45) is 5.92 Å². The minimum atomic E-state index is -0.385. The maximum atomic E-state index is 12.0. The van der Waals surface area contributed by atoms with Crippen molar-refractivity contribution in [3.63, 3.8) is 0 Å². The molecule has 0 aromatic heterocycles. The number of rotatable bonds is 3. The van der Waals surface area contributed by atoms with Crippen LogP contribution in [0.1, 0.15) is 39.0 Å². The highest BCUT2D eigenvalue weighted by molar-refractivity contribution is 5.86. The molecule has 92 valence electrons. The zero-order chi connectivity index (χ0) is 11.6. The normalized spacial score (nSPS) is 38.9. The molecule has 2 fully saturated rings. The monoisotopic (exact) mass is 226 g/mol. The van der Waals surface area contributed by atoms with E-state index >= 15 is 0 Å². The van der Waals surface area contributed by atoms with Crippen molar-refractivity contribution in [1.82, 2.24) is 10.6 Å². The smallest absolute Gasteiger partial charge is 0.240 e. The predicted molar refractivity (Wildman–Crippen MR) is 62.0 cm³/mol. The van der Waals surface area contributed by atoms with Gasteiger partial charge in [0, 0.05) is 12.5 Å². The van der Waals surface area contributed by atoms with E-state index in [0.29, 0.717) is 6.54 Å². The summed E-state index contributed by atoms with van der Waals surface area (Å²) in [5.41, 5.74) is -0.385. The maximum Gasteiger partial charge on any atom is 0.240 e. The molecule has 3 atom stereocenters. The van der Waals surface area contributed by atoms with Gasteiger partial charge in [-0.2, -0.15) is 0 Å². The first kappa shape index (κ1) is 11.9. The summed E-state index contributed by atoms with van der Waals surface area (Å²) in [7, 11) is 0. The van der Waals surface area contributed by atoms with Crippen LogP contribution in [0.25, 0.3) is 0 Å². The zero-order valence-electron chi connectivity index (χ0n) is 9.96. The van der Waals surface area contributed by atoms with Gasteiger partial charge in [0.1, 0.15) is 0 Å². The molecular weight excluding hydrogens is 204 g/mol. The van der Waals surface area contributed by atoms with Crippen LogP contribution in [0.5, 0.6) is 0 Å². The molecular formula is C12H22N2O2. The predicted octanol–water partition coefficient (Wildman–Crippen LogP) is 0.406. The van der Waals surface area contributed by atoms with Crippen molar-refractivity contribution in [2.75, 3.05) is 13.1 Å². The largest absolute Gasteiger partial charge is 0.393 e. The van der Waals surface area contributed by atoms with Gasteiger partial charge in [-0.25, -0.2) is 0 Å². The Kier molecular flexibility index (Phi) is 3.50. The van der Waals surface area contributed by atoms with E-state index in [-0.39, 0.29) is 23.5 Å². The molecule has 1 amide bonds. The average Bonchev–Trinajstić information content (AvgIpc) is 2.85. The molecule has 16 heavy (non-hydrogen) atoms. The van der Waals surface area contributed by atoms with Crippen LogP contribution in [0, 0.1) is 5.92 Å². The van der Waals surface area contributed by atoms with Crippen LogP contribution in [-0.2, 0) is 4.79 Å². The van der Waals surface area contributed by atoms with Gasteiger partial charge in [-0.3, -0.25) is 4.79 Å². The molecule has 1 aliphatic carbocycles. The summed E-state index contributed by atoms with van der Waals surface area (Å²) in [5.74, 6) is 0.345. The summed E-state index contributed by atoms with van der Waals surface area (Å²) in [6.07, 6.45) is 4.76. The molecule has 2 aliphatic rings. The highest BCUT2D eigenvalue weighted by atomic mass is 16.3. The number of carbonyl (C=O) groups excluding carboxylic acids is 1. The molecule has 0 bridgehead atoms. The third-order valence-electron chi connectivity index (χ3n) is 4.01. The average molecular weight is 226 g/mol. The van der Waals surface area contributed by atoms with Gasteiger partial charge >= 0.3 is 0 Å². The maximum absolute atomic E-state index is 12.0. The van der Waals surface area contributed by atoms with Gasteiger partial charge in [0.15, 0.2) is 0 Å². The lowest BCUT2D eigenvalue weighted by atomic mass is 9.98. The Balaban J connectivity index is 1.79. The van der Waals surface area contributed by atoms with Crippen LogP contribution in [0.4, 0.5) is 0 Å². The van der Waals surface area contributed by atoms with E-state index in [9.17, 15) is 9.90 Å². The molecule has 3 unspecified atom stereocenters. The van der Waals surface area contributed by atoms with Crippen molar-refractivity contribution >= 4 is 5.91 Å². The first-order valence-corrected chi connectivity index (χ1v) is 6.33. The topological polar surface area (TPSA) is 61.4 Å². The quantitative estimate of drug-likeness (QED) is 0.653. The SMILES string of the molecule is CC1(C(=O)NCC2CCCC2O)CCCN1. The molecule has 4 heteroatoms. The molecule has 4 nitrogen and oxygen atoms in total. The molecule has 3 N–H and O–H groups in total. The fourth-order valence-electron chi connectivity index (χ4n) is 2.76. The van der Waals surface area contributed by atoms with E-state index in [4.69, 9.17) is 0 Å². The van der Waals surface area contributed by atoms with Gasteiger partial charge in [0.05, 0.1) is 11.6 Å². The molecule has 1 aliphatic heterocycles. The van der Waals surface area contributed by atoms with Crippen LogP contribution >= 0.6 is 0 Å². The lowest BCUT2D eigenvalue weighted by molar-refractivity contribution is -0.126. The second-order valence-electron chi connectivity index (χ2n) is 5.33. The van der Waals surface area contributed by atoms with E-state index in [2.05, 4.69) is 10.6 Å². The summed E-state index contributed by atoms with van der Waals surface area (Å²) in [5, 5.41) is 15.9. The lowest BCUT2D eigenvalue weighted by Crippen LogP contribution is -2.52. The Bertz CT molecular complexity index is 262. The molecule has 0 spiro atoms. The van der Waals surface area contributed by atoms with Crippen molar-refractivity contribution in [2.45, 2.75) is 50.7 Å². The van der Waals surface area contributed by atoms with E-state index < -0.39 is 0 Å². The van der Waals surface area contributed by atoms with Crippen molar-refractivity contribution in [3.8, 4) is 0 Å². The summed E-state index contributed by atoms with van der Waals surface area (Å²) < 4.78 is 0. The number of amides is 1. The van der Waals surface area contributed by atoms with E-state index in [1.54, 1.807) is 0 Å². The number of aliphatic hydroxyl groups is 1. The van der Waals surface area contributed by atoms with Gasteiger partial charge in [-0.15, -0.1) is 0 Å². The molecule has 2 rings (SSSR count). The fraction of sp³-hybridized carbons (Fsp3) is 0.917. The van der Waals surface area contributed by atoms with Gasteiger partial charge in [0.25, 0.3) is 0 Å². The zero-order valence-corrected chi connectivity index (χ0v) is 9.96. The minimum absolute atomic E-state index is 0.0871. The summed E-state index contributed by atoms with van der Waals surface area (Å²) in [4.78, 5) is 12.0.